The van der Waals surface area contributed by atoms with Gasteiger partial charge in [0, 0.05) is 11.8 Å². The first-order chi connectivity index (χ1) is 8.25. The lowest BCUT2D eigenvalue weighted by Crippen LogP contribution is -2.28. The van der Waals surface area contributed by atoms with Crippen molar-refractivity contribution in [3.8, 4) is 5.75 Å². The van der Waals surface area contributed by atoms with Crippen LogP contribution in [-0.4, -0.2) is 29.1 Å². The Kier molecular flexibility index (Phi) is 4.52. The lowest BCUT2D eigenvalue weighted by molar-refractivity contribution is 0.191. The Labute approximate surface area is 109 Å². The van der Waals surface area contributed by atoms with Crippen molar-refractivity contribution in [2.24, 2.45) is 10.4 Å². The van der Waals surface area contributed by atoms with Crippen LogP contribution in [0.3, 0.4) is 0 Å². The average molecular weight is 249 g/mol. The minimum atomic E-state index is -0.169. The Hall–Kier alpha value is -1.35. The Balaban J connectivity index is 3.04. The van der Waals surface area contributed by atoms with Crippen LogP contribution in [0, 0.1) is 19.3 Å². The average Bonchev–Trinajstić information content (AvgIpc) is 2.23. The number of benzene rings is 1. The van der Waals surface area contributed by atoms with Gasteiger partial charge in [-0.05, 0) is 36.5 Å². The summed E-state index contributed by atoms with van der Waals surface area (Å²) >= 11 is 0. The number of hydrogen-bond acceptors (Lipinski definition) is 3. The van der Waals surface area contributed by atoms with E-state index in [0.717, 1.165) is 11.1 Å². The molecule has 0 heterocycles. The molecule has 3 nitrogen and oxygen atoms in total. The van der Waals surface area contributed by atoms with Crippen LogP contribution >= 0.6 is 0 Å². The molecular formula is C15H23NO2. The topological polar surface area (TPSA) is 52.8 Å². The number of nitrogens with zero attached hydrogens (tertiary/aromatic N) is 1. The summed E-state index contributed by atoms with van der Waals surface area (Å²) in [5.41, 5.74) is 2.53. The largest absolute Gasteiger partial charge is 0.507 e. The van der Waals surface area contributed by atoms with Gasteiger partial charge in [-0.25, -0.2) is 0 Å². The maximum atomic E-state index is 9.96. The minimum Gasteiger partial charge on any atom is -0.507 e. The van der Waals surface area contributed by atoms with Crippen LogP contribution in [-0.2, 0) is 0 Å². The van der Waals surface area contributed by atoms with E-state index in [2.05, 4.69) is 4.99 Å². The van der Waals surface area contributed by atoms with Gasteiger partial charge in [-0.1, -0.05) is 26.8 Å². The van der Waals surface area contributed by atoms with E-state index in [1.165, 1.54) is 0 Å². The molecule has 0 spiro atoms. The number of aliphatic hydroxyl groups is 1. The second-order valence-electron chi connectivity index (χ2n) is 5.86. The molecule has 1 aromatic rings. The highest BCUT2D eigenvalue weighted by molar-refractivity contribution is 5.84. The van der Waals surface area contributed by atoms with E-state index in [1.54, 1.807) is 6.21 Å². The van der Waals surface area contributed by atoms with Gasteiger partial charge in [0.2, 0.25) is 0 Å². The molecule has 3 heteroatoms. The zero-order chi connectivity index (χ0) is 13.9. The number of aryl methyl sites for hydroxylation is 2. The zero-order valence-electron chi connectivity index (χ0n) is 11.9. The summed E-state index contributed by atoms with van der Waals surface area (Å²) in [5, 5.41) is 19.3. The molecule has 2 N–H and O–H groups in total. The van der Waals surface area contributed by atoms with Gasteiger partial charge in [0.15, 0.2) is 0 Å². The van der Waals surface area contributed by atoms with Crippen LogP contribution in [0.25, 0.3) is 0 Å². The van der Waals surface area contributed by atoms with E-state index >= 15 is 0 Å². The quantitative estimate of drug-likeness (QED) is 0.809. The Morgan fingerprint density at radius 3 is 2.39 bits per heavy atom. The van der Waals surface area contributed by atoms with E-state index in [-0.39, 0.29) is 23.8 Å². The molecule has 1 unspecified atom stereocenters. The molecule has 1 rings (SSSR count). The fourth-order valence-corrected chi connectivity index (χ4v) is 1.81. The first-order valence-corrected chi connectivity index (χ1v) is 6.20. The van der Waals surface area contributed by atoms with Crippen molar-refractivity contribution in [2.75, 3.05) is 6.61 Å². The molecule has 0 saturated heterocycles. The maximum Gasteiger partial charge on any atom is 0.127 e. The van der Waals surface area contributed by atoms with Crippen molar-refractivity contribution in [3.05, 3.63) is 28.8 Å². The van der Waals surface area contributed by atoms with E-state index in [1.807, 2.05) is 46.8 Å². The Morgan fingerprint density at radius 1 is 1.28 bits per heavy atom. The second-order valence-corrected chi connectivity index (χ2v) is 5.86. The van der Waals surface area contributed by atoms with Crippen molar-refractivity contribution in [1.82, 2.24) is 0 Å². The van der Waals surface area contributed by atoms with Gasteiger partial charge < -0.3 is 10.2 Å². The fourth-order valence-electron chi connectivity index (χ4n) is 1.81. The lowest BCUT2D eigenvalue weighted by Gasteiger charge is -2.25. The summed E-state index contributed by atoms with van der Waals surface area (Å²) < 4.78 is 0. The van der Waals surface area contributed by atoms with Crippen molar-refractivity contribution >= 4 is 6.21 Å². The highest BCUT2D eigenvalue weighted by Crippen LogP contribution is 2.24. The lowest BCUT2D eigenvalue weighted by atomic mass is 9.88. The normalized spacial score (nSPS) is 14.1. The van der Waals surface area contributed by atoms with Gasteiger partial charge in [-0.3, -0.25) is 4.99 Å². The highest BCUT2D eigenvalue weighted by atomic mass is 16.3. The molecular weight excluding hydrogens is 226 g/mol. The molecule has 0 aliphatic rings. The molecule has 100 valence electrons. The SMILES string of the molecule is Cc1cc(C)c(O)c(/C=N/C(CO)C(C)(C)C)c1. The summed E-state index contributed by atoms with van der Waals surface area (Å²) in [6.45, 7) is 9.96. The van der Waals surface area contributed by atoms with Crippen LogP contribution in [0.1, 0.15) is 37.5 Å². The molecule has 18 heavy (non-hydrogen) atoms. The highest BCUT2D eigenvalue weighted by Gasteiger charge is 2.22. The summed E-state index contributed by atoms with van der Waals surface area (Å²) in [7, 11) is 0. The van der Waals surface area contributed by atoms with Gasteiger partial charge in [0.25, 0.3) is 0 Å². The van der Waals surface area contributed by atoms with E-state index in [9.17, 15) is 10.2 Å². The first kappa shape index (κ1) is 14.7. The van der Waals surface area contributed by atoms with Crippen molar-refractivity contribution in [3.63, 3.8) is 0 Å². The second kappa shape index (κ2) is 5.53. The fraction of sp³-hybridized carbons (Fsp3) is 0.533. The first-order valence-electron chi connectivity index (χ1n) is 6.20. The van der Waals surface area contributed by atoms with Crippen LogP contribution in [0.5, 0.6) is 5.75 Å². The van der Waals surface area contributed by atoms with Gasteiger partial charge >= 0.3 is 0 Å². The van der Waals surface area contributed by atoms with Gasteiger partial charge in [0.1, 0.15) is 5.75 Å². The Morgan fingerprint density at radius 2 is 1.89 bits per heavy atom. The monoisotopic (exact) mass is 249 g/mol. The zero-order valence-corrected chi connectivity index (χ0v) is 11.9. The third-order valence-corrected chi connectivity index (χ3v) is 3.04. The van der Waals surface area contributed by atoms with E-state index in [4.69, 9.17) is 0 Å². The van der Waals surface area contributed by atoms with Gasteiger partial charge in [-0.15, -0.1) is 0 Å². The van der Waals surface area contributed by atoms with Crippen molar-refractivity contribution in [1.29, 1.82) is 0 Å². The summed E-state index contributed by atoms with van der Waals surface area (Å²) in [5.74, 6) is 0.259. The molecule has 0 fully saturated rings. The van der Waals surface area contributed by atoms with Crippen molar-refractivity contribution < 1.29 is 10.2 Å². The number of phenols is 1. The molecule has 1 aromatic carbocycles. The number of aromatic hydroxyl groups is 1. The molecule has 0 radical (unpaired) electrons. The predicted octanol–water partition coefficient (Wildman–Crippen LogP) is 2.83. The minimum absolute atomic E-state index is 0.00552. The summed E-state index contributed by atoms with van der Waals surface area (Å²) in [6, 6.07) is 3.65. The summed E-state index contributed by atoms with van der Waals surface area (Å²) in [4.78, 5) is 4.39. The molecule has 0 aliphatic heterocycles. The predicted molar refractivity (Wildman–Crippen MR) is 75.5 cm³/mol. The third kappa shape index (κ3) is 3.57. The van der Waals surface area contributed by atoms with E-state index in [0.29, 0.717) is 5.56 Å². The maximum absolute atomic E-state index is 9.96. The van der Waals surface area contributed by atoms with Crippen LogP contribution in [0.2, 0.25) is 0 Å². The molecule has 0 amide bonds. The van der Waals surface area contributed by atoms with Gasteiger partial charge in [0.05, 0.1) is 12.6 Å². The number of hydrogen-bond donors (Lipinski definition) is 2. The summed E-state index contributed by atoms with van der Waals surface area (Å²) in [6.07, 6.45) is 1.65. The number of aliphatic imine (C=N–C) groups is 1. The third-order valence-electron chi connectivity index (χ3n) is 3.04. The molecule has 0 bridgehead atoms. The molecule has 1 atom stereocenters. The number of rotatable bonds is 3. The van der Waals surface area contributed by atoms with Crippen LogP contribution in [0.4, 0.5) is 0 Å². The van der Waals surface area contributed by atoms with Gasteiger partial charge in [-0.2, -0.15) is 0 Å². The molecule has 0 saturated carbocycles. The van der Waals surface area contributed by atoms with Crippen molar-refractivity contribution in [2.45, 2.75) is 40.7 Å². The number of phenolic OH excluding ortho intramolecular Hbond substituents is 1. The molecule has 0 aliphatic carbocycles. The smallest absolute Gasteiger partial charge is 0.127 e. The van der Waals surface area contributed by atoms with E-state index < -0.39 is 0 Å². The number of aliphatic hydroxyl groups excluding tert-OH is 1. The molecule has 0 aromatic heterocycles. The standard InChI is InChI=1S/C15H23NO2/c1-10-6-11(2)14(18)12(7-10)8-16-13(9-17)15(3,4)5/h6-8,13,17-18H,9H2,1-5H3/b16-8+. The van der Waals surface area contributed by atoms with Crippen LogP contribution < -0.4 is 0 Å². The Bertz CT molecular complexity index is 445. The van der Waals surface area contributed by atoms with Crippen LogP contribution in [0.15, 0.2) is 17.1 Å².